The number of hydroxylamine groups is 2. The first-order valence-electron chi connectivity index (χ1n) is 19.2. The molecule has 0 bridgehead atoms. The zero-order chi connectivity index (χ0) is 40.9. The number of rotatable bonds is 11. The number of nitrogens with one attached hydrogen (secondary N) is 1. The minimum absolute atomic E-state index is 0.0117. The average molecular weight is 800 g/mol. The molecule has 302 valence electrons. The second-order valence-corrected chi connectivity index (χ2v) is 18.1. The van der Waals surface area contributed by atoms with E-state index in [1.807, 2.05) is 65.0 Å². The summed E-state index contributed by atoms with van der Waals surface area (Å²) in [4.78, 5) is 50.4. The number of esters is 2. The lowest BCUT2D eigenvalue weighted by molar-refractivity contribution is -0.253. The molecule has 3 aliphatic heterocycles. The van der Waals surface area contributed by atoms with Crippen LogP contribution in [0.4, 0.5) is 0 Å². The Bertz CT molecular complexity index is 2420. The lowest BCUT2D eigenvalue weighted by atomic mass is 9.76. The number of cyclic esters (lactones) is 1. The Morgan fingerprint density at radius 1 is 1.05 bits per heavy atom. The summed E-state index contributed by atoms with van der Waals surface area (Å²) in [7, 11) is -4.10. The van der Waals surface area contributed by atoms with Crippen molar-refractivity contribution in [3.63, 3.8) is 0 Å². The average Bonchev–Trinajstić information content (AvgIpc) is 3.52. The molecular formula is C42H49N5O9S. The van der Waals surface area contributed by atoms with E-state index in [0.717, 1.165) is 22.0 Å². The van der Waals surface area contributed by atoms with Crippen LogP contribution in [-0.2, 0) is 52.6 Å². The second kappa shape index (κ2) is 15.1. The zero-order valence-electron chi connectivity index (χ0n) is 33.1. The largest absolute Gasteiger partial charge is 0.457 e. The fourth-order valence-electron chi connectivity index (χ4n) is 8.58. The van der Waals surface area contributed by atoms with Gasteiger partial charge in [0.05, 0.1) is 40.5 Å². The molecular weight excluding hydrogens is 751 g/mol. The van der Waals surface area contributed by atoms with Crippen molar-refractivity contribution in [3.05, 3.63) is 93.3 Å². The van der Waals surface area contributed by atoms with E-state index in [-0.39, 0.29) is 59.4 Å². The monoisotopic (exact) mass is 799 g/mol. The number of aliphatic imine (C=N–C) groups is 1. The Balaban J connectivity index is 1.13. The summed E-state index contributed by atoms with van der Waals surface area (Å²) in [6, 6.07) is 17.6. The van der Waals surface area contributed by atoms with Crippen molar-refractivity contribution < 1.29 is 37.4 Å². The first-order chi connectivity index (χ1) is 26.9. The number of amidine groups is 1. The maximum absolute atomic E-state index is 13.9. The lowest BCUT2D eigenvalue weighted by Gasteiger charge is -2.51. The summed E-state index contributed by atoms with van der Waals surface area (Å²) in [5.74, 6) is -1.66. The van der Waals surface area contributed by atoms with Crippen molar-refractivity contribution >= 4 is 38.7 Å². The summed E-state index contributed by atoms with van der Waals surface area (Å²) in [5, 5.41) is 13.0. The number of sulfonamides is 1. The van der Waals surface area contributed by atoms with Gasteiger partial charge in [0, 0.05) is 40.6 Å². The van der Waals surface area contributed by atoms with E-state index < -0.39 is 45.2 Å². The van der Waals surface area contributed by atoms with Crippen LogP contribution in [0.3, 0.4) is 0 Å². The molecule has 1 atom stereocenters. The molecule has 0 unspecified atom stereocenters. The summed E-state index contributed by atoms with van der Waals surface area (Å²) in [5.41, 5.74) is 0.772. The van der Waals surface area contributed by atoms with Crippen LogP contribution < -0.4 is 10.3 Å². The van der Waals surface area contributed by atoms with Crippen molar-refractivity contribution in [2.24, 2.45) is 10.9 Å². The molecule has 1 fully saturated rings. The Labute approximate surface area is 331 Å². The normalized spacial score (nSPS) is 20.4. The SMILES string of the molecule is CC[C@@]1(OC(=O)CN=C(CCOCC2CC(C)(C)N(O)C(C)(C)C2)NS(=O)(=O)c2ccc(C)cc2)C(=O)OCc2c1cc1n(c2=O)Cc2cc3ccccc3nc2-1. The van der Waals surface area contributed by atoms with Gasteiger partial charge in [-0.1, -0.05) is 42.8 Å². The summed E-state index contributed by atoms with van der Waals surface area (Å²) in [6.07, 6.45) is 1.36. The smallest absolute Gasteiger partial charge is 0.355 e. The van der Waals surface area contributed by atoms with Crippen molar-refractivity contribution in [3.8, 4) is 11.4 Å². The second-order valence-electron chi connectivity index (χ2n) is 16.5. The van der Waals surface area contributed by atoms with Crippen LogP contribution in [0.1, 0.15) is 82.6 Å². The fourth-order valence-corrected chi connectivity index (χ4v) is 9.67. The maximum atomic E-state index is 13.9. The number of aryl methyl sites for hydroxylation is 1. The maximum Gasteiger partial charge on any atom is 0.355 e. The molecule has 7 rings (SSSR count). The van der Waals surface area contributed by atoms with Gasteiger partial charge < -0.3 is 24.0 Å². The lowest BCUT2D eigenvalue weighted by Crippen LogP contribution is -2.59. The standard InChI is InChI=1S/C42H49N5O9S/c1-7-42(32-19-34-37-29(18-28-10-8-9-11-33(28)44-37)23-46(34)38(49)31(32)25-55-39(42)50)56-36(48)22-43-35(45-57(52,53)30-14-12-26(2)13-15-30)16-17-54-24-27-20-40(3,4)47(51)41(5,6)21-27/h8-15,18-19,27,51H,7,16-17,20-25H2,1-6H3,(H,43,45)/t42-/m0/s1. The Hall–Kier alpha value is -4.96. The van der Waals surface area contributed by atoms with E-state index in [2.05, 4.69) is 9.71 Å². The molecule has 2 aromatic carbocycles. The highest BCUT2D eigenvalue weighted by molar-refractivity contribution is 7.90. The first kappa shape index (κ1) is 40.2. The highest BCUT2D eigenvalue weighted by Gasteiger charge is 2.50. The van der Waals surface area contributed by atoms with Crippen LogP contribution in [-0.4, -0.2) is 76.8 Å². The number of carbonyl (C=O) groups is 2. The number of hydrogen-bond donors (Lipinski definition) is 2. The van der Waals surface area contributed by atoms with Gasteiger partial charge in [-0.05, 0) is 90.1 Å². The number of pyridine rings is 2. The van der Waals surface area contributed by atoms with Crippen LogP contribution in [0.15, 0.2) is 75.3 Å². The molecule has 0 amide bonds. The van der Waals surface area contributed by atoms with Crippen molar-refractivity contribution in [1.82, 2.24) is 19.3 Å². The number of piperidine rings is 1. The molecule has 0 spiro atoms. The van der Waals surface area contributed by atoms with E-state index in [9.17, 15) is 28.0 Å². The molecule has 14 nitrogen and oxygen atoms in total. The van der Waals surface area contributed by atoms with Gasteiger partial charge in [-0.3, -0.25) is 14.5 Å². The fraction of sp³-hybridized carbons (Fsp3) is 0.452. The first-order valence-corrected chi connectivity index (χ1v) is 20.7. The van der Waals surface area contributed by atoms with Crippen LogP contribution in [0.5, 0.6) is 0 Å². The van der Waals surface area contributed by atoms with E-state index >= 15 is 0 Å². The number of benzene rings is 2. The van der Waals surface area contributed by atoms with Gasteiger partial charge in [-0.25, -0.2) is 23.0 Å². The molecule has 15 heteroatoms. The highest BCUT2D eigenvalue weighted by atomic mass is 32.2. The number of carbonyl (C=O) groups excluding carboxylic acids is 2. The van der Waals surface area contributed by atoms with E-state index in [4.69, 9.17) is 19.2 Å². The van der Waals surface area contributed by atoms with Crippen LogP contribution in [0.25, 0.3) is 22.3 Å². The van der Waals surface area contributed by atoms with Gasteiger partial charge in [-0.2, -0.15) is 5.06 Å². The van der Waals surface area contributed by atoms with Crippen molar-refractivity contribution in [2.75, 3.05) is 19.8 Å². The molecule has 0 saturated carbocycles. The van der Waals surface area contributed by atoms with Crippen molar-refractivity contribution in [2.45, 2.75) is 102 Å². The van der Waals surface area contributed by atoms with Gasteiger partial charge in [-0.15, -0.1) is 0 Å². The highest BCUT2D eigenvalue weighted by Crippen LogP contribution is 2.42. The molecule has 4 aromatic rings. The molecule has 57 heavy (non-hydrogen) atoms. The summed E-state index contributed by atoms with van der Waals surface area (Å²) >= 11 is 0. The number of hydrogen-bond acceptors (Lipinski definition) is 12. The van der Waals surface area contributed by atoms with E-state index in [1.165, 1.54) is 17.2 Å². The third-order valence-electron chi connectivity index (χ3n) is 11.2. The number of para-hydroxylation sites is 1. The molecule has 2 N–H and O–H groups in total. The molecule has 1 saturated heterocycles. The molecule has 3 aliphatic rings. The molecule has 0 radical (unpaired) electrons. The molecule has 5 heterocycles. The molecule has 2 aromatic heterocycles. The van der Waals surface area contributed by atoms with Crippen LogP contribution in [0, 0.1) is 12.8 Å². The van der Waals surface area contributed by atoms with Gasteiger partial charge in [0.1, 0.15) is 19.0 Å². The Morgan fingerprint density at radius 2 is 1.75 bits per heavy atom. The van der Waals surface area contributed by atoms with Crippen LogP contribution in [0.2, 0.25) is 0 Å². The van der Waals surface area contributed by atoms with Gasteiger partial charge in [0.25, 0.3) is 15.6 Å². The minimum Gasteiger partial charge on any atom is -0.457 e. The minimum atomic E-state index is -4.10. The zero-order valence-corrected chi connectivity index (χ0v) is 33.9. The van der Waals surface area contributed by atoms with Gasteiger partial charge >= 0.3 is 11.9 Å². The third kappa shape index (κ3) is 7.73. The van der Waals surface area contributed by atoms with Crippen LogP contribution >= 0.6 is 0 Å². The third-order valence-corrected chi connectivity index (χ3v) is 12.6. The summed E-state index contributed by atoms with van der Waals surface area (Å²) < 4.78 is 48.5. The molecule has 0 aliphatic carbocycles. The van der Waals surface area contributed by atoms with Gasteiger partial charge in [0.2, 0.25) is 5.60 Å². The van der Waals surface area contributed by atoms with Crippen molar-refractivity contribution in [1.29, 1.82) is 0 Å². The number of fused-ring (bicyclic) bond motifs is 5. The van der Waals surface area contributed by atoms with Gasteiger partial charge in [0.15, 0.2) is 0 Å². The quantitative estimate of drug-likeness (QED) is 0.0759. The predicted molar refractivity (Wildman–Crippen MR) is 212 cm³/mol. The van der Waals surface area contributed by atoms with E-state index in [1.54, 1.807) is 29.7 Å². The number of ether oxygens (including phenoxy) is 3. The summed E-state index contributed by atoms with van der Waals surface area (Å²) in [6.45, 7) is 11.2. The number of nitrogens with zero attached hydrogens (tertiary/aromatic N) is 4. The topological polar surface area (TPSA) is 179 Å². The predicted octanol–water partition coefficient (Wildman–Crippen LogP) is 5.38. The number of aromatic nitrogens is 2. The van der Waals surface area contributed by atoms with E-state index in [0.29, 0.717) is 37.4 Å². The Kier molecular flexibility index (Phi) is 10.7. The Morgan fingerprint density at radius 3 is 2.46 bits per heavy atom.